The average molecular weight is 263 g/mol. The largest absolute Gasteiger partial charge is 0.354 e. The lowest BCUT2D eigenvalue weighted by molar-refractivity contribution is -0.124. The zero-order valence-electron chi connectivity index (χ0n) is 12.2. The fourth-order valence-corrected chi connectivity index (χ4v) is 2.70. The summed E-state index contributed by atoms with van der Waals surface area (Å²) >= 11 is 0. The van der Waals surface area contributed by atoms with Crippen LogP contribution in [0.2, 0.25) is 0 Å². The number of rotatable bonds is 5. The van der Waals surface area contributed by atoms with E-state index >= 15 is 0 Å². The molecule has 1 aliphatic heterocycles. The van der Waals surface area contributed by atoms with Gasteiger partial charge in [0.25, 0.3) is 0 Å². The van der Waals surface area contributed by atoms with Gasteiger partial charge in [0.2, 0.25) is 5.91 Å². The Kier molecular flexibility index (Phi) is 4.64. The lowest BCUT2D eigenvalue weighted by Crippen LogP contribution is -2.39. The summed E-state index contributed by atoms with van der Waals surface area (Å²) in [6.07, 6.45) is 4.60. The van der Waals surface area contributed by atoms with Crippen molar-refractivity contribution in [3.05, 3.63) is 24.0 Å². The van der Waals surface area contributed by atoms with E-state index in [2.05, 4.69) is 40.2 Å². The van der Waals surface area contributed by atoms with Crippen molar-refractivity contribution in [1.82, 2.24) is 14.8 Å². The van der Waals surface area contributed by atoms with Gasteiger partial charge in [0.05, 0.1) is 6.04 Å². The number of nitrogens with zero attached hydrogens (tertiary/aromatic N) is 2. The monoisotopic (exact) mass is 263 g/mol. The number of amides is 1. The molecule has 1 N–H and O–H groups in total. The molecule has 0 spiro atoms. The van der Waals surface area contributed by atoms with Gasteiger partial charge in [-0.15, -0.1) is 0 Å². The lowest BCUT2D eigenvalue weighted by Gasteiger charge is -2.28. The van der Waals surface area contributed by atoms with Crippen molar-refractivity contribution in [3.63, 3.8) is 0 Å². The van der Waals surface area contributed by atoms with Crippen molar-refractivity contribution in [2.24, 2.45) is 13.0 Å². The van der Waals surface area contributed by atoms with Crippen molar-refractivity contribution >= 4 is 5.91 Å². The molecule has 1 unspecified atom stereocenters. The van der Waals surface area contributed by atoms with Crippen molar-refractivity contribution in [3.8, 4) is 0 Å². The van der Waals surface area contributed by atoms with Gasteiger partial charge in [0.1, 0.15) is 0 Å². The molecule has 0 radical (unpaired) electrons. The van der Waals surface area contributed by atoms with E-state index in [0.29, 0.717) is 12.6 Å². The summed E-state index contributed by atoms with van der Waals surface area (Å²) in [5.74, 6) is 0.186. The van der Waals surface area contributed by atoms with Crippen LogP contribution in [-0.4, -0.2) is 35.0 Å². The Morgan fingerprint density at radius 2 is 2.05 bits per heavy atom. The van der Waals surface area contributed by atoms with Gasteiger partial charge in [-0.2, -0.15) is 0 Å². The zero-order valence-corrected chi connectivity index (χ0v) is 12.2. The first-order valence-corrected chi connectivity index (χ1v) is 7.22. The van der Waals surface area contributed by atoms with Crippen LogP contribution in [0.1, 0.15) is 38.4 Å². The molecule has 0 aromatic carbocycles. The molecule has 0 bridgehead atoms. The maximum Gasteiger partial charge on any atom is 0.222 e. The molecule has 0 saturated carbocycles. The molecule has 0 aliphatic carbocycles. The SMILES string of the molecule is CC(C)C(=O)NCC(c1cccn1C)N1CCCC1. The van der Waals surface area contributed by atoms with E-state index in [1.54, 1.807) is 0 Å². The van der Waals surface area contributed by atoms with Crippen LogP contribution in [0.15, 0.2) is 18.3 Å². The topological polar surface area (TPSA) is 37.3 Å². The fourth-order valence-electron chi connectivity index (χ4n) is 2.70. The minimum absolute atomic E-state index is 0.0487. The van der Waals surface area contributed by atoms with Crippen molar-refractivity contribution in [1.29, 1.82) is 0 Å². The molecule has 1 atom stereocenters. The minimum atomic E-state index is 0.0487. The quantitative estimate of drug-likeness (QED) is 0.881. The summed E-state index contributed by atoms with van der Waals surface area (Å²) in [5, 5.41) is 3.08. The van der Waals surface area contributed by atoms with E-state index in [1.807, 2.05) is 13.8 Å². The van der Waals surface area contributed by atoms with Gasteiger partial charge in [-0.1, -0.05) is 13.8 Å². The van der Waals surface area contributed by atoms with E-state index in [-0.39, 0.29) is 11.8 Å². The second kappa shape index (κ2) is 6.24. The third-order valence-electron chi connectivity index (χ3n) is 3.90. The highest BCUT2D eigenvalue weighted by molar-refractivity contribution is 5.77. The molecule has 2 heterocycles. The molecule has 1 saturated heterocycles. The fraction of sp³-hybridized carbons (Fsp3) is 0.667. The maximum atomic E-state index is 11.8. The number of carbonyl (C=O) groups is 1. The van der Waals surface area contributed by atoms with E-state index in [9.17, 15) is 4.79 Å². The molecule has 1 aromatic rings. The average Bonchev–Trinajstić information content (AvgIpc) is 3.02. The van der Waals surface area contributed by atoms with Gasteiger partial charge in [-0.25, -0.2) is 0 Å². The number of aromatic nitrogens is 1. The number of carbonyl (C=O) groups excluding carboxylic acids is 1. The molecule has 106 valence electrons. The summed E-state index contributed by atoms with van der Waals surface area (Å²) in [4.78, 5) is 14.3. The number of likely N-dealkylation sites (tertiary alicyclic amines) is 1. The number of nitrogens with one attached hydrogen (secondary N) is 1. The predicted molar refractivity (Wildman–Crippen MR) is 76.8 cm³/mol. The number of aryl methyl sites for hydroxylation is 1. The van der Waals surface area contributed by atoms with Crippen LogP contribution in [0.3, 0.4) is 0 Å². The van der Waals surface area contributed by atoms with Gasteiger partial charge < -0.3 is 9.88 Å². The van der Waals surface area contributed by atoms with Gasteiger partial charge in [-0.05, 0) is 38.1 Å². The molecule has 1 amide bonds. The summed E-state index contributed by atoms with van der Waals surface area (Å²) < 4.78 is 2.16. The Hall–Kier alpha value is -1.29. The van der Waals surface area contributed by atoms with Crippen molar-refractivity contribution < 1.29 is 4.79 Å². The number of hydrogen-bond donors (Lipinski definition) is 1. The third-order valence-corrected chi connectivity index (χ3v) is 3.90. The van der Waals surface area contributed by atoms with Crippen LogP contribution in [-0.2, 0) is 11.8 Å². The van der Waals surface area contributed by atoms with Crippen LogP contribution in [0.25, 0.3) is 0 Å². The van der Waals surface area contributed by atoms with Gasteiger partial charge in [0, 0.05) is 31.4 Å². The summed E-state index contributed by atoms with van der Waals surface area (Å²) in [7, 11) is 2.07. The van der Waals surface area contributed by atoms with Crippen LogP contribution < -0.4 is 5.32 Å². The second-order valence-electron chi connectivity index (χ2n) is 5.70. The molecule has 1 aromatic heterocycles. The highest BCUT2D eigenvalue weighted by Crippen LogP contribution is 2.24. The van der Waals surface area contributed by atoms with E-state index in [1.165, 1.54) is 18.5 Å². The van der Waals surface area contributed by atoms with Gasteiger partial charge in [-0.3, -0.25) is 9.69 Å². The van der Waals surface area contributed by atoms with Crippen LogP contribution in [0.4, 0.5) is 0 Å². The van der Waals surface area contributed by atoms with E-state index in [0.717, 1.165) is 13.1 Å². The summed E-state index contributed by atoms with van der Waals surface area (Å²) in [5.41, 5.74) is 1.28. The molecule has 1 fully saturated rings. The van der Waals surface area contributed by atoms with Crippen molar-refractivity contribution in [2.45, 2.75) is 32.7 Å². The first kappa shape index (κ1) is 14.1. The molecular weight excluding hydrogens is 238 g/mol. The molecule has 4 nitrogen and oxygen atoms in total. The summed E-state index contributed by atoms with van der Waals surface area (Å²) in [6, 6.07) is 4.53. The van der Waals surface area contributed by atoms with Crippen LogP contribution >= 0.6 is 0 Å². The summed E-state index contributed by atoms with van der Waals surface area (Å²) in [6.45, 7) is 6.83. The highest BCUT2D eigenvalue weighted by atomic mass is 16.1. The van der Waals surface area contributed by atoms with Gasteiger partial charge in [0.15, 0.2) is 0 Å². The van der Waals surface area contributed by atoms with Crippen LogP contribution in [0, 0.1) is 5.92 Å². The second-order valence-corrected chi connectivity index (χ2v) is 5.70. The first-order valence-electron chi connectivity index (χ1n) is 7.22. The van der Waals surface area contributed by atoms with E-state index < -0.39 is 0 Å². The molecule has 19 heavy (non-hydrogen) atoms. The molecule has 4 heteroatoms. The smallest absolute Gasteiger partial charge is 0.222 e. The molecule has 2 rings (SSSR count). The Morgan fingerprint density at radius 1 is 1.37 bits per heavy atom. The number of hydrogen-bond acceptors (Lipinski definition) is 2. The first-order chi connectivity index (χ1) is 9.09. The van der Waals surface area contributed by atoms with Crippen molar-refractivity contribution in [2.75, 3.05) is 19.6 Å². The standard InChI is InChI=1S/C15H25N3O/c1-12(2)15(19)16-11-14(18-9-4-5-10-18)13-7-6-8-17(13)3/h6-8,12,14H,4-5,9-11H2,1-3H3,(H,16,19). The Bertz CT molecular complexity index is 419. The predicted octanol–water partition coefficient (Wildman–Crippen LogP) is 1.93. The zero-order chi connectivity index (χ0) is 13.8. The normalized spacial score (nSPS) is 17.9. The Labute approximate surface area is 115 Å². The highest BCUT2D eigenvalue weighted by Gasteiger charge is 2.25. The third kappa shape index (κ3) is 3.38. The van der Waals surface area contributed by atoms with Gasteiger partial charge >= 0.3 is 0 Å². The lowest BCUT2D eigenvalue weighted by atomic mass is 10.1. The molecule has 1 aliphatic rings. The van der Waals surface area contributed by atoms with Crippen LogP contribution in [0.5, 0.6) is 0 Å². The molecular formula is C15H25N3O. The maximum absolute atomic E-state index is 11.8. The Balaban J connectivity index is 2.06. The Morgan fingerprint density at radius 3 is 2.58 bits per heavy atom. The van der Waals surface area contributed by atoms with E-state index in [4.69, 9.17) is 0 Å². The minimum Gasteiger partial charge on any atom is -0.354 e.